The molecular formula is C45H66N6O12. The molecule has 0 atom stereocenters. The predicted octanol–water partition coefficient (Wildman–Crippen LogP) is 1.34. The lowest BCUT2D eigenvalue weighted by atomic mass is 10.1. The van der Waals surface area contributed by atoms with Crippen LogP contribution in [0.2, 0.25) is 0 Å². The summed E-state index contributed by atoms with van der Waals surface area (Å²) in [4.78, 5) is 44.8. The molecule has 3 amide bonds. The predicted molar refractivity (Wildman–Crippen MR) is 237 cm³/mol. The number of hydrogen-bond donors (Lipinski definition) is 12. The molecule has 0 unspecified atom stereocenters. The zero-order chi connectivity index (χ0) is 46.2. The average Bonchev–Trinajstić information content (AvgIpc) is 3.23. The molecule has 1 aliphatic heterocycles. The fourth-order valence-electron chi connectivity index (χ4n) is 7.67. The first-order chi connectivity index (χ1) is 30.1. The van der Waals surface area contributed by atoms with E-state index in [4.69, 9.17) is 0 Å². The summed E-state index contributed by atoms with van der Waals surface area (Å²) in [6.45, 7) is 6.80. The van der Waals surface area contributed by atoms with E-state index in [1.54, 1.807) is 18.2 Å². The minimum atomic E-state index is -1.05. The minimum absolute atomic E-state index is 0.123. The van der Waals surface area contributed by atoms with Crippen LogP contribution in [0.1, 0.15) is 52.6 Å². The Kier molecular flexibility index (Phi) is 20.0. The van der Waals surface area contributed by atoms with Crippen LogP contribution < -0.4 is 16.0 Å². The van der Waals surface area contributed by atoms with Gasteiger partial charge in [-0.3, -0.25) is 29.1 Å². The van der Waals surface area contributed by atoms with Crippen LogP contribution in [-0.4, -0.2) is 157 Å². The maximum absolute atomic E-state index is 12.7. The number of carbonyl (C=O) groups is 3. The highest BCUT2D eigenvalue weighted by molar-refractivity contribution is 5.96. The van der Waals surface area contributed by atoms with Crippen molar-refractivity contribution in [3.8, 4) is 17.2 Å². The van der Waals surface area contributed by atoms with Gasteiger partial charge in [0.1, 0.15) is 17.2 Å². The number of nitrogens with one attached hydrogen (secondary N) is 3. The molecule has 4 rings (SSSR count). The zero-order valence-corrected chi connectivity index (χ0v) is 36.5. The fourth-order valence-corrected chi connectivity index (χ4v) is 7.67. The van der Waals surface area contributed by atoms with E-state index in [2.05, 4.69) is 30.7 Å². The van der Waals surface area contributed by atoms with Crippen molar-refractivity contribution in [2.24, 2.45) is 17.8 Å². The fraction of sp³-hybridized carbons (Fsp3) is 0.533. The molecule has 0 bridgehead atoms. The number of nitrogens with zero attached hydrogens (tertiary/aromatic N) is 3. The number of benzene rings is 3. The van der Waals surface area contributed by atoms with Crippen molar-refractivity contribution >= 4 is 34.8 Å². The molecule has 1 saturated heterocycles. The second-order valence-electron chi connectivity index (χ2n) is 16.5. The van der Waals surface area contributed by atoms with Crippen LogP contribution in [0, 0.1) is 38.5 Å². The average molecular weight is 883 g/mol. The summed E-state index contributed by atoms with van der Waals surface area (Å²) in [5.74, 6) is -5.40. The monoisotopic (exact) mass is 882 g/mol. The number of phenolic OH excluding ortho intramolecular Hbond substituents is 3. The maximum Gasteiger partial charge on any atom is 0.232 e. The molecule has 0 radical (unpaired) electrons. The van der Waals surface area contributed by atoms with Crippen molar-refractivity contribution in [3.05, 3.63) is 69.8 Å². The highest BCUT2D eigenvalue weighted by atomic mass is 16.3. The lowest BCUT2D eigenvalue weighted by Gasteiger charge is -2.31. The number of phenols is 3. The van der Waals surface area contributed by atoms with Crippen molar-refractivity contribution < 1.29 is 60.3 Å². The maximum atomic E-state index is 12.7. The Morgan fingerprint density at radius 2 is 0.667 bits per heavy atom. The van der Waals surface area contributed by atoms with Crippen LogP contribution in [0.15, 0.2) is 36.4 Å². The molecule has 348 valence electrons. The van der Waals surface area contributed by atoms with E-state index in [1.165, 1.54) is 0 Å². The van der Waals surface area contributed by atoms with E-state index in [1.807, 2.05) is 39.0 Å². The molecule has 3 aromatic rings. The van der Waals surface area contributed by atoms with Gasteiger partial charge in [0.05, 0.1) is 74.5 Å². The van der Waals surface area contributed by atoms with Gasteiger partial charge in [-0.05, 0) is 114 Å². The van der Waals surface area contributed by atoms with E-state index in [-0.39, 0.29) is 34.3 Å². The van der Waals surface area contributed by atoms with E-state index in [0.29, 0.717) is 94.9 Å². The minimum Gasteiger partial charge on any atom is -0.505 e. The van der Waals surface area contributed by atoms with Crippen molar-refractivity contribution in [3.63, 3.8) is 0 Å². The molecule has 0 aromatic heterocycles. The first-order valence-corrected chi connectivity index (χ1v) is 21.4. The highest BCUT2D eigenvalue weighted by Crippen LogP contribution is 2.34. The van der Waals surface area contributed by atoms with Gasteiger partial charge in [0, 0.05) is 36.3 Å². The molecule has 18 heteroatoms. The molecule has 1 aliphatic rings. The van der Waals surface area contributed by atoms with E-state index < -0.39 is 75.1 Å². The Balaban J connectivity index is 1.63. The Morgan fingerprint density at radius 1 is 0.444 bits per heavy atom. The number of amides is 3. The van der Waals surface area contributed by atoms with Crippen molar-refractivity contribution in [1.29, 1.82) is 0 Å². The molecule has 12 N–H and O–H groups in total. The SMILES string of the molecule is Cc1cc(CN2CCCN(Cc3cc(C)cc(NC(=O)C(CO)CO)c3O)CCCN(Cc3cc(C)cc(NC(=O)C(CO)CO)c3O)CCC2)c(O)c(NC(=O)C(CO)CO)c1. The van der Waals surface area contributed by atoms with Crippen LogP contribution in [0.25, 0.3) is 0 Å². The van der Waals surface area contributed by atoms with Gasteiger partial charge >= 0.3 is 0 Å². The molecule has 0 saturated carbocycles. The Hall–Kier alpha value is -4.89. The Morgan fingerprint density at radius 3 is 0.873 bits per heavy atom. The van der Waals surface area contributed by atoms with Gasteiger partial charge in [-0.1, -0.05) is 18.2 Å². The highest BCUT2D eigenvalue weighted by Gasteiger charge is 2.24. The third-order valence-electron chi connectivity index (χ3n) is 11.2. The van der Waals surface area contributed by atoms with Gasteiger partial charge in [-0.25, -0.2) is 0 Å². The zero-order valence-electron chi connectivity index (χ0n) is 36.5. The smallest absolute Gasteiger partial charge is 0.232 e. The van der Waals surface area contributed by atoms with Crippen molar-refractivity contribution in [2.75, 3.05) is 94.9 Å². The van der Waals surface area contributed by atoms with Gasteiger partial charge < -0.3 is 61.9 Å². The molecule has 1 heterocycles. The molecule has 18 nitrogen and oxygen atoms in total. The Labute approximate surface area is 368 Å². The summed E-state index contributed by atoms with van der Waals surface area (Å²) in [7, 11) is 0. The summed E-state index contributed by atoms with van der Waals surface area (Å²) in [5.41, 5.74) is 4.57. The normalized spacial score (nSPS) is 15.0. The lowest BCUT2D eigenvalue weighted by Crippen LogP contribution is -2.36. The number of aryl methyl sites for hydroxylation is 3. The van der Waals surface area contributed by atoms with Crippen LogP contribution in [0.3, 0.4) is 0 Å². The largest absolute Gasteiger partial charge is 0.505 e. The third-order valence-corrected chi connectivity index (χ3v) is 11.2. The number of aliphatic hydroxyl groups excluding tert-OH is 6. The third kappa shape index (κ3) is 14.6. The molecule has 0 spiro atoms. The second kappa shape index (κ2) is 24.8. The van der Waals surface area contributed by atoms with Crippen LogP contribution in [0.5, 0.6) is 17.2 Å². The number of rotatable bonds is 18. The quantitative estimate of drug-likeness (QED) is 0.0804. The lowest BCUT2D eigenvalue weighted by molar-refractivity contribution is -0.123. The van der Waals surface area contributed by atoms with E-state index >= 15 is 0 Å². The number of aliphatic hydroxyl groups is 6. The van der Waals surface area contributed by atoms with Gasteiger partial charge in [-0.2, -0.15) is 0 Å². The van der Waals surface area contributed by atoms with E-state index in [9.17, 15) is 60.3 Å². The summed E-state index contributed by atoms with van der Waals surface area (Å²) in [5, 5.41) is 99.2. The molecule has 63 heavy (non-hydrogen) atoms. The summed E-state index contributed by atoms with van der Waals surface area (Å²) in [6, 6.07) is 10.4. The summed E-state index contributed by atoms with van der Waals surface area (Å²) < 4.78 is 0. The van der Waals surface area contributed by atoms with E-state index in [0.717, 1.165) is 16.7 Å². The van der Waals surface area contributed by atoms with Crippen molar-refractivity contribution in [1.82, 2.24) is 14.7 Å². The summed E-state index contributed by atoms with van der Waals surface area (Å²) in [6.07, 6.45) is 2.12. The van der Waals surface area contributed by atoms with Gasteiger partial charge in [0.15, 0.2) is 0 Å². The van der Waals surface area contributed by atoms with Gasteiger partial charge in [0.2, 0.25) is 17.7 Å². The van der Waals surface area contributed by atoms with Crippen LogP contribution >= 0.6 is 0 Å². The second-order valence-corrected chi connectivity index (χ2v) is 16.5. The molecule has 1 fully saturated rings. The van der Waals surface area contributed by atoms with Crippen molar-refractivity contribution in [2.45, 2.75) is 59.7 Å². The number of carbonyl (C=O) groups excluding carboxylic acids is 3. The molecule has 0 aliphatic carbocycles. The first-order valence-electron chi connectivity index (χ1n) is 21.4. The molecule has 3 aromatic carbocycles. The Bertz CT molecular complexity index is 1750. The first kappa shape index (κ1) is 50.8. The number of hydrogen-bond acceptors (Lipinski definition) is 15. The van der Waals surface area contributed by atoms with Crippen LogP contribution in [0.4, 0.5) is 17.1 Å². The van der Waals surface area contributed by atoms with Gasteiger partial charge in [0.25, 0.3) is 0 Å². The van der Waals surface area contributed by atoms with Crippen LogP contribution in [-0.2, 0) is 34.0 Å². The topological polar surface area (TPSA) is 279 Å². The molecular weight excluding hydrogens is 817 g/mol. The summed E-state index contributed by atoms with van der Waals surface area (Å²) >= 11 is 0. The number of anilines is 3. The standard InChI is InChI=1S/C45H66N6O12/c1-28-13-31(40(58)37(16-28)46-43(61)34(22-52)23-53)19-49-7-4-9-50(20-32-14-29(2)17-38(41(32)59)47-44(62)35(24-54)25-55)11-6-12-51(10-5-8-49)21-33-15-30(3)18-39(42(33)60)48-45(63)36(26-56)27-57/h13-18,34-36,52-60H,4-12,19-27H2,1-3H3,(H,46,61)(H,47,62)(H,48,63). The van der Waals surface area contributed by atoms with Gasteiger partial charge in [-0.15, -0.1) is 0 Å². The number of aromatic hydroxyl groups is 3.